The predicted octanol–water partition coefficient (Wildman–Crippen LogP) is 4.55. The van der Waals surface area contributed by atoms with Crippen molar-refractivity contribution in [2.24, 2.45) is 0 Å². The van der Waals surface area contributed by atoms with Gasteiger partial charge in [0.15, 0.2) is 0 Å². The number of hydrogen-bond donors (Lipinski definition) is 1. The van der Waals surface area contributed by atoms with E-state index in [1.807, 2.05) is 56.3 Å². The highest BCUT2D eigenvalue weighted by atomic mass is 32.2. The number of rotatable bonds is 9. The summed E-state index contributed by atoms with van der Waals surface area (Å²) in [4.78, 5) is 0.269. The van der Waals surface area contributed by atoms with Crippen molar-refractivity contribution in [1.82, 2.24) is 4.72 Å². The van der Waals surface area contributed by atoms with Gasteiger partial charge in [-0.1, -0.05) is 24.3 Å². The Morgan fingerprint density at radius 2 is 1.55 bits per heavy atom. The first-order valence-corrected chi connectivity index (χ1v) is 11.2. The largest absolute Gasteiger partial charge is 0.497 e. The second-order valence-electron chi connectivity index (χ2n) is 7.19. The van der Waals surface area contributed by atoms with Crippen molar-refractivity contribution < 1.29 is 17.9 Å². The highest BCUT2D eigenvalue weighted by Gasteiger charge is 2.14. The van der Waals surface area contributed by atoms with Crippen molar-refractivity contribution in [3.05, 3.63) is 66.2 Å². The van der Waals surface area contributed by atoms with Gasteiger partial charge in [-0.3, -0.25) is 0 Å². The van der Waals surface area contributed by atoms with Gasteiger partial charge >= 0.3 is 0 Å². The predicted molar refractivity (Wildman–Crippen MR) is 116 cm³/mol. The molecule has 0 saturated heterocycles. The van der Waals surface area contributed by atoms with E-state index in [4.69, 9.17) is 9.47 Å². The molecule has 0 unspecified atom stereocenters. The highest BCUT2D eigenvalue weighted by molar-refractivity contribution is 7.89. The summed E-state index contributed by atoms with van der Waals surface area (Å²) in [5, 5.41) is 1.80. The summed E-state index contributed by atoms with van der Waals surface area (Å²) < 4.78 is 38.7. The molecule has 6 heteroatoms. The maximum absolute atomic E-state index is 12.6. The fourth-order valence-electron chi connectivity index (χ4n) is 3.09. The van der Waals surface area contributed by atoms with Gasteiger partial charge in [0.2, 0.25) is 10.0 Å². The number of hydrogen-bond acceptors (Lipinski definition) is 4. The molecule has 3 aromatic carbocycles. The number of fused-ring (bicyclic) bond motifs is 1. The molecule has 0 aliphatic carbocycles. The fourth-order valence-corrected chi connectivity index (χ4v) is 4.19. The van der Waals surface area contributed by atoms with Gasteiger partial charge < -0.3 is 9.47 Å². The Labute approximate surface area is 172 Å². The summed E-state index contributed by atoms with van der Waals surface area (Å²) in [7, 11) is -1.93. The first kappa shape index (κ1) is 21.1. The molecule has 3 rings (SSSR count). The molecule has 0 radical (unpaired) electrons. The van der Waals surface area contributed by atoms with Gasteiger partial charge in [-0.15, -0.1) is 0 Å². The van der Waals surface area contributed by atoms with Crippen LogP contribution in [0.4, 0.5) is 0 Å². The third-order valence-electron chi connectivity index (χ3n) is 4.56. The van der Waals surface area contributed by atoms with Crippen LogP contribution >= 0.6 is 0 Å². The Bertz CT molecular complexity index is 1060. The molecule has 0 amide bonds. The molecule has 0 fully saturated rings. The minimum atomic E-state index is -3.54. The summed E-state index contributed by atoms with van der Waals surface area (Å²) in [6.07, 6.45) is 1.66. The average Bonchev–Trinajstić information content (AvgIpc) is 2.71. The molecular formula is C23H27NO4S. The van der Waals surface area contributed by atoms with Crippen LogP contribution in [0.15, 0.2) is 65.6 Å². The van der Waals surface area contributed by atoms with Crippen molar-refractivity contribution >= 4 is 20.8 Å². The van der Waals surface area contributed by atoms with Crippen LogP contribution in [0.2, 0.25) is 0 Å². The highest BCUT2D eigenvalue weighted by Crippen LogP contribution is 2.23. The third kappa shape index (κ3) is 5.71. The lowest BCUT2D eigenvalue weighted by atomic mass is 10.1. The quantitative estimate of drug-likeness (QED) is 0.523. The van der Waals surface area contributed by atoms with Crippen molar-refractivity contribution in [1.29, 1.82) is 0 Å². The normalized spacial score (nSPS) is 11.7. The zero-order valence-electron chi connectivity index (χ0n) is 17.0. The van der Waals surface area contributed by atoms with E-state index in [0.29, 0.717) is 13.0 Å². The van der Waals surface area contributed by atoms with E-state index in [2.05, 4.69) is 4.72 Å². The molecule has 0 aromatic heterocycles. The Morgan fingerprint density at radius 3 is 2.24 bits per heavy atom. The van der Waals surface area contributed by atoms with E-state index in [1.54, 1.807) is 25.3 Å². The van der Waals surface area contributed by atoms with Crippen LogP contribution < -0.4 is 14.2 Å². The Balaban J connectivity index is 1.56. The molecule has 0 spiro atoms. The van der Waals surface area contributed by atoms with E-state index in [0.717, 1.165) is 34.3 Å². The maximum Gasteiger partial charge on any atom is 0.240 e. The van der Waals surface area contributed by atoms with Crippen LogP contribution in [0.5, 0.6) is 11.5 Å². The van der Waals surface area contributed by atoms with Gasteiger partial charge in [0, 0.05) is 6.54 Å². The Morgan fingerprint density at radius 1 is 0.897 bits per heavy atom. The van der Waals surface area contributed by atoms with Gasteiger partial charge in [0.25, 0.3) is 0 Å². The van der Waals surface area contributed by atoms with Crippen LogP contribution in [-0.4, -0.2) is 28.2 Å². The molecule has 0 saturated carbocycles. The topological polar surface area (TPSA) is 64.6 Å². The van der Waals surface area contributed by atoms with Crippen LogP contribution in [0.25, 0.3) is 10.8 Å². The molecule has 29 heavy (non-hydrogen) atoms. The Hall–Kier alpha value is -2.57. The van der Waals surface area contributed by atoms with Gasteiger partial charge in [0.05, 0.1) is 18.1 Å². The number of benzene rings is 3. The van der Waals surface area contributed by atoms with E-state index in [1.165, 1.54) is 0 Å². The van der Waals surface area contributed by atoms with E-state index in [9.17, 15) is 8.42 Å². The lowest BCUT2D eigenvalue weighted by molar-refractivity contribution is 0.242. The molecule has 1 N–H and O–H groups in total. The summed E-state index contributed by atoms with van der Waals surface area (Å²) in [6, 6.07) is 18.6. The van der Waals surface area contributed by atoms with Gasteiger partial charge in [-0.25, -0.2) is 13.1 Å². The molecule has 0 bridgehead atoms. The van der Waals surface area contributed by atoms with Gasteiger partial charge in [-0.05, 0) is 79.4 Å². The molecule has 0 aliphatic heterocycles. The van der Waals surface area contributed by atoms with Gasteiger partial charge in [-0.2, -0.15) is 0 Å². The molecule has 0 atom stereocenters. The third-order valence-corrected chi connectivity index (χ3v) is 6.02. The smallest absolute Gasteiger partial charge is 0.240 e. The summed E-state index contributed by atoms with van der Waals surface area (Å²) in [5.74, 6) is 1.59. The van der Waals surface area contributed by atoms with E-state index >= 15 is 0 Å². The van der Waals surface area contributed by atoms with E-state index in [-0.39, 0.29) is 11.0 Å². The average molecular weight is 414 g/mol. The molecule has 154 valence electrons. The van der Waals surface area contributed by atoms with Crippen molar-refractivity contribution in [3.63, 3.8) is 0 Å². The van der Waals surface area contributed by atoms with Gasteiger partial charge in [0.1, 0.15) is 11.5 Å². The number of sulfonamides is 1. The minimum Gasteiger partial charge on any atom is -0.497 e. The van der Waals surface area contributed by atoms with Crippen molar-refractivity contribution in [3.8, 4) is 11.5 Å². The summed E-state index contributed by atoms with van der Waals surface area (Å²) in [5.41, 5.74) is 1.15. The zero-order valence-corrected chi connectivity index (χ0v) is 17.8. The van der Waals surface area contributed by atoms with Crippen LogP contribution in [0.3, 0.4) is 0 Å². The second-order valence-corrected chi connectivity index (χ2v) is 8.95. The summed E-state index contributed by atoms with van der Waals surface area (Å²) >= 11 is 0. The van der Waals surface area contributed by atoms with Crippen LogP contribution in [-0.2, 0) is 16.4 Å². The number of aryl methyl sites for hydroxylation is 1. The summed E-state index contributed by atoms with van der Waals surface area (Å²) in [6.45, 7) is 4.37. The number of nitrogens with one attached hydrogen (secondary N) is 1. The molecule has 0 aliphatic rings. The number of methoxy groups -OCH3 is 1. The first-order valence-electron chi connectivity index (χ1n) is 9.70. The molecular weight excluding hydrogens is 386 g/mol. The SMILES string of the molecule is COc1ccc2cc(S(=O)(=O)NCCCc3ccc(OC(C)C)cc3)ccc2c1. The second kappa shape index (κ2) is 9.29. The van der Waals surface area contributed by atoms with Crippen LogP contribution in [0, 0.1) is 0 Å². The monoisotopic (exact) mass is 413 g/mol. The molecule has 3 aromatic rings. The Kier molecular flexibility index (Phi) is 6.77. The van der Waals surface area contributed by atoms with Crippen molar-refractivity contribution in [2.45, 2.75) is 37.7 Å². The standard InChI is InChI=1S/C23H27NO4S/c1-17(2)28-21-10-6-18(7-11-21)5-4-14-24-29(25,26)23-13-9-19-15-22(27-3)12-8-20(19)16-23/h6-13,15-17,24H,4-5,14H2,1-3H3. The fraction of sp³-hybridized carbons (Fsp3) is 0.304. The lowest BCUT2D eigenvalue weighted by Crippen LogP contribution is -2.25. The molecule has 5 nitrogen and oxygen atoms in total. The molecule has 0 heterocycles. The minimum absolute atomic E-state index is 0.146. The first-order chi connectivity index (χ1) is 13.9. The van der Waals surface area contributed by atoms with Crippen LogP contribution in [0.1, 0.15) is 25.8 Å². The van der Waals surface area contributed by atoms with E-state index < -0.39 is 10.0 Å². The number of ether oxygens (including phenoxy) is 2. The van der Waals surface area contributed by atoms with Crippen molar-refractivity contribution in [2.75, 3.05) is 13.7 Å². The zero-order chi connectivity index (χ0) is 20.9. The lowest BCUT2D eigenvalue weighted by Gasteiger charge is -2.10. The maximum atomic E-state index is 12.6.